The highest BCUT2D eigenvalue weighted by Crippen LogP contribution is 2.29. The van der Waals surface area contributed by atoms with E-state index in [2.05, 4.69) is 0 Å². The van der Waals surface area contributed by atoms with Gasteiger partial charge in [-0.15, -0.1) is 0 Å². The third-order valence-electron chi connectivity index (χ3n) is 4.56. The van der Waals surface area contributed by atoms with Crippen molar-refractivity contribution in [1.82, 2.24) is 10.0 Å². The maximum absolute atomic E-state index is 12.8. The van der Waals surface area contributed by atoms with E-state index in [0.717, 1.165) is 19.4 Å². The van der Waals surface area contributed by atoms with Crippen molar-refractivity contribution in [2.75, 3.05) is 6.61 Å². The van der Waals surface area contributed by atoms with Gasteiger partial charge in [-0.2, -0.15) is 0 Å². The molecule has 10 nitrogen and oxygen atoms in total. The molecule has 1 aliphatic heterocycles. The topological polar surface area (TPSA) is 120 Å². The van der Waals surface area contributed by atoms with Crippen LogP contribution in [0.5, 0.6) is 0 Å². The van der Waals surface area contributed by atoms with E-state index in [1.807, 2.05) is 30.3 Å². The SMILES string of the molecule is CC(=O)OC[C@@H](OC(C)=O)[C@@H](OC(C)=O)[C@H]1CC(=O)N(Cc2ccccc2)N1C(C)=O. The molecule has 10 heteroatoms. The molecule has 2 amide bonds. The molecule has 168 valence electrons. The summed E-state index contributed by atoms with van der Waals surface area (Å²) in [6.07, 6.45) is -2.60. The quantitative estimate of drug-likeness (QED) is 0.439. The van der Waals surface area contributed by atoms with Crippen LogP contribution in [0.2, 0.25) is 0 Å². The van der Waals surface area contributed by atoms with Crippen LogP contribution in [0.3, 0.4) is 0 Å². The van der Waals surface area contributed by atoms with Crippen LogP contribution in [0.1, 0.15) is 39.7 Å². The first-order chi connectivity index (χ1) is 14.6. The average molecular weight is 434 g/mol. The van der Waals surface area contributed by atoms with Gasteiger partial charge in [-0.25, -0.2) is 10.0 Å². The van der Waals surface area contributed by atoms with E-state index in [4.69, 9.17) is 14.2 Å². The Morgan fingerprint density at radius 1 is 0.968 bits per heavy atom. The van der Waals surface area contributed by atoms with Crippen molar-refractivity contribution < 1.29 is 38.2 Å². The van der Waals surface area contributed by atoms with Gasteiger partial charge in [0.2, 0.25) is 11.8 Å². The highest BCUT2D eigenvalue weighted by atomic mass is 16.6. The first kappa shape index (κ1) is 23.8. The van der Waals surface area contributed by atoms with E-state index in [0.29, 0.717) is 0 Å². The van der Waals surface area contributed by atoms with Crippen molar-refractivity contribution in [3.8, 4) is 0 Å². The van der Waals surface area contributed by atoms with Gasteiger partial charge in [0.15, 0.2) is 12.2 Å². The van der Waals surface area contributed by atoms with Gasteiger partial charge < -0.3 is 14.2 Å². The van der Waals surface area contributed by atoms with Gasteiger partial charge in [0.1, 0.15) is 12.6 Å². The summed E-state index contributed by atoms with van der Waals surface area (Å²) in [6.45, 7) is 4.48. The molecule has 1 heterocycles. The van der Waals surface area contributed by atoms with E-state index in [1.54, 1.807) is 0 Å². The summed E-state index contributed by atoms with van der Waals surface area (Å²) in [4.78, 5) is 60.0. The molecule has 1 aromatic rings. The van der Waals surface area contributed by atoms with E-state index in [9.17, 15) is 24.0 Å². The zero-order valence-electron chi connectivity index (χ0n) is 17.9. The zero-order chi connectivity index (χ0) is 23.1. The lowest BCUT2D eigenvalue weighted by atomic mass is 10.0. The summed E-state index contributed by atoms with van der Waals surface area (Å²) in [5, 5.41) is 2.47. The van der Waals surface area contributed by atoms with Crippen LogP contribution in [0.25, 0.3) is 0 Å². The monoisotopic (exact) mass is 434 g/mol. The van der Waals surface area contributed by atoms with Gasteiger partial charge in [0, 0.05) is 27.7 Å². The second-order valence-electron chi connectivity index (χ2n) is 7.10. The molecule has 0 bridgehead atoms. The largest absolute Gasteiger partial charge is 0.462 e. The molecule has 1 aliphatic rings. The van der Waals surface area contributed by atoms with Crippen LogP contribution in [-0.4, -0.2) is 64.6 Å². The van der Waals surface area contributed by atoms with Gasteiger partial charge in [-0.1, -0.05) is 30.3 Å². The molecule has 2 rings (SSSR count). The van der Waals surface area contributed by atoms with Gasteiger partial charge in [0.25, 0.3) is 0 Å². The van der Waals surface area contributed by atoms with E-state index < -0.39 is 48.7 Å². The van der Waals surface area contributed by atoms with Crippen molar-refractivity contribution in [2.24, 2.45) is 0 Å². The van der Waals surface area contributed by atoms with Crippen LogP contribution in [0.4, 0.5) is 0 Å². The molecule has 1 aromatic carbocycles. The average Bonchev–Trinajstić information content (AvgIpc) is 3.00. The van der Waals surface area contributed by atoms with E-state index in [1.165, 1.54) is 23.9 Å². The summed E-state index contributed by atoms with van der Waals surface area (Å²) in [5.74, 6) is -2.86. The summed E-state index contributed by atoms with van der Waals surface area (Å²) < 4.78 is 15.6. The third kappa shape index (κ3) is 6.53. The second kappa shape index (κ2) is 10.6. The number of hydrogen-bond acceptors (Lipinski definition) is 8. The van der Waals surface area contributed by atoms with Gasteiger partial charge >= 0.3 is 17.9 Å². The highest BCUT2D eigenvalue weighted by molar-refractivity contribution is 5.85. The minimum atomic E-state index is -1.23. The summed E-state index contributed by atoms with van der Waals surface area (Å²) in [6, 6.07) is 8.12. The molecule has 0 radical (unpaired) electrons. The first-order valence-corrected chi connectivity index (χ1v) is 9.72. The zero-order valence-corrected chi connectivity index (χ0v) is 17.9. The number of amides is 2. The summed E-state index contributed by atoms with van der Waals surface area (Å²) in [7, 11) is 0. The Kier molecular flexibility index (Phi) is 8.12. The van der Waals surface area contributed by atoms with Gasteiger partial charge in [-0.3, -0.25) is 24.0 Å². The Morgan fingerprint density at radius 3 is 2.10 bits per heavy atom. The van der Waals surface area contributed by atoms with Gasteiger partial charge in [0.05, 0.1) is 13.0 Å². The van der Waals surface area contributed by atoms with E-state index in [-0.39, 0.29) is 18.9 Å². The van der Waals surface area contributed by atoms with Crippen LogP contribution in [0.15, 0.2) is 30.3 Å². The second-order valence-corrected chi connectivity index (χ2v) is 7.10. The number of ether oxygens (including phenoxy) is 3. The number of carbonyl (C=O) groups excluding carboxylic acids is 5. The number of nitrogens with zero attached hydrogens (tertiary/aromatic N) is 2. The Labute approximate surface area is 180 Å². The lowest BCUT2D eigenvalue weighted by molar-refractivity contribution is -0.185. The fourth-order valence-electron chi connectivity index (χ4n) is 3.45. The summed E-state index contributed by atoms with van der Waals surface area (Å²) >= 11 is 0. The minimum Gasteiger partial charge on any atom is -0.462 e. The normalized spacial score (nSPS) is 17.7. The predicted octanol–water partition coefficient (Wildman–Crippen LogP) is 0.977. The fourth-order valence-corrected chi connectivity index (χ4v) is 3.45. The first-order valence-electron chi connectivity index (χ1n) is 9.72. The molecule has 0 aromatic heterocycles. The molecule has 0 aliphatic carbocycles. The lowest BCUT2D eigenvalue weighted by Gasteiger charge is -2.36. The highest BCUT2D eigenvalue weighted by Gasteiger charge is 2.48. The molecule has 1 fully saturated rings. The molecule has 31 heavy (non-hydrogen) atoms. The Morgan fingerprint density at radius 2 is 1.58 bits per heavy atom. The molecular weight excluding hydrogens is 408 g/mol. The van der Waals surface area contributed by atoms with Crippen LogP contribution in [-0.2, 0) is 44.7 Å². The number of benzene rings is 1. The van der Waals surface area contributed by atoms with E-state index >= 15 is 0 Å². The van der Waals surface area contributed by atoms with Crippen molar-refractivity contribution in [3.05, 3.63) is 35.9 Å². The Balaban J connectivity index is 2.38. The maximum Gasteiger partial charge on any atom is 0.303 e. The molecular formula is C21H26N2O8. The smallest absolute Gasteiger partial charge is 0.303 e. The van der Waals surface area contributed by atoms with Crippen molar-refractivity contribution in [2.45, 2.75) is 58.9 Å². The van der Waals surface area contributed by atoms with Crippen LogP contribution >= 0.6 is 0 Å². The lowest BCUT2D eigenvalue weighted by Crippen LogP contribution is -2.54. The predicted molar refractivity (Wildman–Crippen MR) is 106 cm³/mol. The van der Waals surface area contributed by atoms with Crippen molar-refractivity contribution >= 4 is 29.7 Å². The fraction of sp³-hybridized carbons (Fsp3) is 0.476. The number of hydrogen-bond donors (Lipinski definition) is 0. The third-order valence-corrected chi connectivity index (χ3v) is 4.56. The Hall–Kier alpha value is -3.43. The number of esters is 3. The van der Waals surface area contributed by atoms with Crippen molar-refractivity contribution in [3.63, 3.8) is 0 Å². The Bertz CT molecular complexity index is 841. The standard InChI is InChI=1S/C21H26N2O8/c1-13(24)23-18(10-20(28)22(23)11-17-8-6-5-7-9-17)21(31-16(4)27)19(30-15(3)26)12-29-14(2)25/h5-9,18-19,21H,10-12H2,1-4H3/t18-,19-,21+/m1/s1. The number of hydrazine groups is 1. The molecule has 0 spiro atoms. The maximum atomic E-state index is 12.8. The number of carbonyl (C=O) groups is 5. The molecule has 3 atom stereocenters. The van der Waals surface area contributed by atoms with Gasteiger partial charge in [-0.05, 0) is 5.56 Å². The number of rotatable bonds is 8. The van der Waals surface area contributed by atoms with Crippen LogP contribution in [0, 0.1) is 0 Å². The van der Waals surface area contributed by atoms with Crippen molar-refractivity contribution in [1.29, 1.82) is 0 Å². The molecule has 0 saturated carbocycles. The minimum absolute atomic E-state index is 0.130. The van der Waals surface area contributed by atoms with Crippen LogP contribution < -0.4 is 0 Å². The molecule has 0 N–H and O–H groups in total. The molecule has 0 unspecified atom stereocenters. The molecule has 1 saturated heterocycles. The summed E-state index contributed by atoms with van der Waals surface area (Å²) in [5.41, 5.74) is 0.795.